The predicted molar refractivity (Wildman–Crippen MR) is 45.2 cm³/mol. The van der Waals surface area contributed by atoms with Crippen molar-refractivity contribution in [3.8, 4) is 0 Å². The standard InChI is InChI=1S/C10H11O2/c1-6-9(11)7-4-2-3-5-8(7)10(6)12/h2-6,9-12H,1H2. The number of hydrogen-bond donors (Lipinski definition) is 2. The van der Waals surface area contributed by atoms with Gasteiger partial charge in [-0.05, 0) is 18.1 Å². The molecule has 1 aromatic carbocycles. The van der Waals surface area contributed by atoms with E-state index in [-0.39, 0.29) is 5.92 Å². The zero-order valence-electron chi connectivity index (χ0n) is 6.64. The van der Waals surface area contributed by atoms with Gasteiger partial charge in [-0.15, -0.1) is 0 Å². The van der Waals surface area contributed by atoms with Gasteiger partial charge in [0.15, 0.2) is 0 Å². The fraction of sp³-hybridized carbons (Fsp3) is 0.300. The van der Waals surface area contributed by atoms with Gasteiger partial charge in [0.05, 0.1) is 12.2 Å². The molecular weight excluding hydrogens is 152 g/mol. The van der Waals surface area contributed by atoms with Crippen LogP contribution >= 0.6 is 0 Å². The van der Waals surface area contributed by atoms with E-state index < -0.39 is 12.2 Å². The molecule has 0 aromatic heterocycles. The van der Waals surface area contributed by atoms with Gasteiger partial charge in [0.1, 0.15) is 0 Å². The maximum atomic E-state index is 9.60. The minimum absolute atomic E-state index is 0.331. The molecule has 0 saturated carbocycles. The average Bonchev–Trinajstić information content (AvgIpc) is 2.33. The molecular formula is C10H11O2. The molecule has 0 aliphatic heterocycles. The monoisotopic (exact) mass is 163 g/mol. The molecule has 1 aliphatic carbocycles. The molecule has 0 saturated heterocycles. The van der Waals surface area contributed by atoms with E-state index in [1.165, 1.54) is 0 Å². The molecule has 0 heterocycles. The lowest BCUT2D eigenvalue weighted by molar-refractivity contribution is 0.0594. The van der Waals surface area contributed by atoms with Crippen molar-refractivity contribution in [2.75, 3.05) is 0 Å². The van der Waals surface area contributed by atoms with Crippen molar-refractivity contribution in [3.63, 3.8) is 0 Å². The van der Waals surface area contributed by atoms with Gasteiger partial charge in [-0.25, -0.2) is 0 Å². The zero-order chi connectivity index (χ0) is 8.72. The van der Waals surface area contributed by atoms with Crippen LogP contribution in [0.15, 0.2) is 24.3 Å². The van der Waals surface area contributed by atoms with Gasteiger partial charge in [-0.3, -0.25) is 0 Å². The molecule has 2 N–H and O–H groups in total. The van der Waals surface area contributed by atoms with Gasteiger partial charge in [-0.2, -0.15) is 0 Å². The summed E-state index contributed by atoms with van der Waals surface area (Å²) >= 11 is 0. The lowest BCUT2D eigenvalue weighted by Gasteiger charge is -2.11. The molecule has 1 aliphatic rings. The molecule has 0 amide bonds. The van der Waals surface area contributed by atoms with Crippen LogP contribution in [0, 0.1) is 12.8 Å². The first-order chi connectivity index (χ1) is 5.72. The molecule has 63 valence electrons. The van der Waals surface area contributed by atoms with E-state index in [9.17, 15) is 10.2 Å². The minimum atomic E-state index is -0.615. The summed E-state index contributed by atoms with van der Waals surface area (Å²) in [6, 6.07) is 7.36. The van der Waals surface area contributed by atoms with Crippen LogP contribution in [-0.4, -0.2) is 10.2 Å². The Morgan fingerprint density at radius 3 is 1.83 bits per heavy atom. The van der Waals surface area contributed by atoms with Crippen molar-refractivity contribution in [1.82, 2.24) is 0 Å². The highest BCUT2D eigenvalue weighted by molar-refractivity contribution is 5.37. The first-order valence-electron chi connectivity index (χ1n) is 4.00. The molecule has 2 nitrogen and oxygen atoms in total. The predicted octanol–water partition coefficient (Wildman–Crippen LogP) is 1.22. The van der Waals surface area contributed by atoms with Crippen LogP contribution in [-0.2, 0) is 0 Å². The first kappa shape index (κ1) is 7.77. The average molecular weight is 163 g/mol. The largest absolute Gasteiger partial charge is 0.388 e. The molecule has 1 aromatic rings. The van der Waals surface area contributed by atoms with Gasteiger partial charge in [0, 0.05) is 5.92 Å². The summed E-state index contributed by atoms with van der Waals surface area (Å²) in [6.45, 7) is 3.71. The van der Waals surface area contributed by atoms with E-state index in [2.05, 4.69) is 6.92 Å². The molecule has 12 heavy (non-hydrogen) atoms. The van der Waals surface area contributed by atoms with Crippen LogP contribution in [0.1, 0.15) is 23.3 Å². The Bertz CT molecular complexity index is 267. The molecule has 2 unspecified atom stereocenters. The summed E-state index contributed by atoms with van der Waals surface area (Å²) in [5, 5.41) is 19.2. The number of hydrogen-bond acceptors (Lipinski definition) is 2. The molecule has 0 spiro atoms. The van der Waals surface area contributed by atoms with E-state index in [0.29, 0.717) is 0 Å². The highest BCUT2D eigenvalue weighted by atomic mass is 16.3. The minimum Gasteiger partial charge on any atom is -0.388 e. The summed E-state index contributed by atoms with van der Waals surface area (Å²) in [6.07, 6.45) is -1.23. The van der Waals surface area contributed by atoms with Crippen LogP contribution in [0.25, 0.3) is 0 Å². The molecule has 0 fully saturated rings. The summed E-state index contributed by atoms with van der Waals surface area (Å²) in [4.78, 5) is 0. The number of aliphatic hydroxyl groups excluding tert-OH is 2. The van der Waals surface area contributed by atoms with Crippen molar-refractivity contribution in [3.05, 3.63) is 42.3 Å². The summed E-state index contributed by atoms with van der Waals surface area (Å²) in [7, 11) is 0. The lowest BCUT2D eigenvalue weighted by atomic mass is 10.0. The normalized spacial score (nSPS) is 33.4. The third-order valence-corrected chi connectivity index (χ3v) is 2.44. The van der Waals surface area contributed by atoms with Crippen molar-refractivity contribution in [1.29, 1.82) is 0 Å². The van der Waals surface area contributed by atoms with Crippen LogP contribution < -0.4 is 0 Å². The number of fused-ring (bicyclic) bond motifs is 1. The smallest absolute Gasteiger partial charge is 0.0849 e. The van der Waals surface area contributed by atoms with Crippen LogP contribution in [0.3, 0.4) is 0 Å². The van der Waals surface area contributed by atoms with Gasteiger partial charge in [-0.1, -0.05) is 24.3 Å². The third-order valence-electron chi connectivity index (χ3n) is 2.44. The quantitative estimate of drug-likeness (QED) is 0.603. The van der Waals surface area contributed by atoms with Gasteiger partial charge < -0.3 is 10.2 Å². The van der Waals surface area contributed by atoms with Crippen LogP contribution in [0.4, 0.5) is 0 Å². The van der Waals surface area contributed by atoms with E-state index >= 15 is 0 Å². The van der Waals surface area contributed by atoms with Crippen molar-refractivity contribution >= 4 is 0 Å². The van der Waals surface area contributed by atoms with E-state index in [4.69, 9.17) is 0 Å². The van der Waals surface area contributed by atoms with E-state index in [1.807, 2.05) is 24.3 Å². The highest BCUT2D eigenvalue weighted by Gasteiger charge is 2.34. The molecule has 2 heteroatoms. The highest BCUT2D eigenvalue weighted by Crippen LogP contribution is 2.42. The summed E-state index contributed by atoms with van der Waals surface area (Å²) in [5.41, 5.74) is 1.62. The zero-order valence-corrected chi connectivity index (χ0v) is 6.64. The Hall–Kier alpha value is -0.860. The van der Waals surface area contributed by atoms with Gasteiger partial charge >= 0.3 is 0 Å². The summed E-state index contributed by atoms with van der Waals surface area (Å²) in [5.74, 6) is -0.331. The summed E-state index contributed by atoms with van der Waals surface area (Å²) < 4.78 is 0. The van der Waals surface area contributed by atoms with Crippen molar-refractivity contribution in [2.45, 2.75) is 12.2 Å². The van der Waals surface area contributed by atoms with Crippen molar-refractivity contribution < 1.29 is 10.2 Å². The Morgan fingerprint density at radius 1 is 1.00 bits per heavy atom. The maximum absolute atomic E-state index is 9.60. The van der Waals surface area contributed by atoms with Crippen LogP contribution in [0.5, 0.6) is 0 Å². The SMILES string of the molecule is [CH2]C1C(O)c2ccccc2C1O. The van der Waals surface area contributed by atoms with E-state index in [1.54, 1.807) is 0 Å². The third kappa shape index (κ3) is 0.886. The second-order valence-electron chi connectivity index (χ2n) is 3.18. The second kappa shape index (κ2) is 2.57. The number of aliphatic hydroxyl groups is 2. The van der Waals surface area contributed by atoms with Gasteiger partial charge in [0.2, 0.25) is 0 Å². The first-order valence-corrected chi connectivity index (χ1v) is 4.00. The second-order valence-corrected chi connectivity index (χ2v) is 3.18. The Morgan fingerprint density at radius 2 is 1.42 bits per heavy atom. The Kier molecular flexibility index (Phi) is 1.67. The fourth-order valence-corrected chi connectivity index (χ4v) is 1.68. The van der Waals surface area contributed by atoms with E-state index in [0.717, 1.165) is 11.1 Å². The topological polar surface area (TPSA) is 40.5 Å². The fourth-order valence-electron chi connectivity index (χ4n) is 1.68. The number of benzene rings is 1. The molecule has 0 bridgehead atoms. The Labute approximate surface area is 71.5 Å². The van der Waals surface area contributed by atoms with Gasteiger partial charge in [0.25, 0.3) is 0 Å². The van der Waals surface area contributed by atoms with Crippen molar-refractivity contribution in [2.24, 2.45) is 5.92 Å². The molecule has 2 rings (SSSR count). The maximum Gasteiger partial charge on any atom is 0.0849 e. The lowest BCUT2D eigenvalue weighted by Crippen LogP contribution is -2.06. The molecule has 1 radical (unpaired) electrons. The van der Waals surface area contributed by atoms with Crippen LogP contribution in [0.2, 0.25) is 0 Å². The Balaban J connectivity index is 2.52. The molecule has 2 atom stereocenters. The number of rotatable bonds is 0.